The molecule has 0 radical (unpaired) electrons. The standard InChI is InChI=1S/C18H25NO3/c1-18(2,3)22-17(20)19-12-6-5-7-15(13-19)14-8-10-16(21-4)11-9-14/h8-11,13H,5-7,12H2,1-4H3. The molecule has 1 aromatic carbocycles. The Bertz CT molecular complexity index is 540. The molecular formula is C18H25NO3. The molecule has 1 amide bonds. The molecule has 0 spiro atoms. The van der Waals surface area contributed by atoms with Crippen LogP contribution in [0.15, 0.2) is 30.5 Å². The van der Waals surface area contributed by atoms with E-state index < -0.39 is 5.60 Å². The van der Waals surface area contributed by atoms with Crippen molar-refractivity contribution in [2.45, 2.75) is 45.6 Å². The quantitative estimate of drug-likeness (QED) is 0.810. The first kappa shape index (κ1) is 16.4. The maximum atomic E-state index is 12.3. The summed E-state index contributed by atoms with van der Waals surface area (Å²) in [6.07, 6.45) is 4.67. The average molecular weight is 303 g/mol. The van der Waals surface area contributed by atoms with Crippen molar-refractivity contribution in [3.63, 3.8) is 0 Å². The minimum Gasteiger partial charge on any atom is -0.497 e. The highest BCUT2D eigenvalue weighted by atomic mass is 16.6. The van der Waals surface area contributed by atoms with E-state index in [1.165, 1.54) is 0 Å². The minimum absolute atomic E-state index is 0.277. The van der Waals surface area contributed by atoms with Crippen LogP contribution in [0.2, 0.25) is 0 Å². The van der Waals surface area contributed by atoms with Gasteiger partial charge in [0.15, 0.2) is 0 Å². The summed E-state index contributed by atoms with van der Waals surface area (Å²) in [5.74, 6) is 0.835. The summed E-state index contributed by atoms with van der Waals surface area (Å²) in [6.45, 7) is 6.36. The highest BCUT2D eigenvalue weighted by molar-refractivity contribution is 5.74. The van der Waals surface area contributed by atoms with Gasteiger partial charge >= 0.3 is 6.09 Å². The number of allylic oxidation sites excluding steroid dienone is 1. The van der Waals surface area contributed by atoms with Gasteiger partial charge in [-0.1, -0.05) is 12.1 Å². The second kappa shape index (κ2) is 6.86. The molecule has 0 unspecified atom stereocenters. The number of hydrogen-bond donors (Lipinski definition) is 0. The van der Waals surface area contributed by atoms with E-state index in [2.05, 4.69) is 0 Å². The van der Waals surface area contributed by atoms with Gasteiger partial charge in [-0.15, -0.1) is 0 Å². The maximum absolute atomic E-state index is 12.3. The normalized spacial score (nSPS) is 15.8. The Balaban J connectivity index is 2.19. The smallest absolute Gasteiger partial charge is 0.414 e. The van der Waals surface area contributed by atoms with E-state index in [-0.39, 0.29) is 6.09 Å². The molecule has 4 nitrogen and oxygen atoms in total. The number of rotatable bonds is 2. The fourth-order valence-electron chi connectivity index (χ4n) is 2.40. The molecule has 0 bridgehead atoms. The molecule has 1 aliphatic rings. The lowest BCUT2D eigenvalue weighted by atomic mass is 10.0. The molecule has 4 heteroatoms. The van der Waals surface area contributed by atoms with Gasteiger partial charge < -0.3 is 9.47 Å². The van der Waals surface area contributed by atoms with Crippen molar-refractivity contribution in [3.05, 3.63) is 36.0 Å². The lowest BCUT2D eigenvalue weighted by molar-refractivity contribution is 0.0336. The van der Waals surface area contributed by atoms with Crippen LogP contribution in [0.25, 0.3) is 5.57 Å². The molecule has 0 saturated heterocycles. The van der Waals surface area contributed by atoms with Gasteiger partial charge in [0.05, 0.1) is 7.11 Å². The molecule has 120 valence electrons. The molecule has 1 aliphatic heterocycles. The molecule has 0 saturated carbocycles. The topological polar surface area (TPSA) is 38.8 Å². The lowest BCUT2D eigenvalue weighted by Gasteiger charge is -2.25. The molecule has 0 fully saturated rings. The average Bonchev–Trinajstić information content (AvgIpc) is 2.71. The summed E-state index contributed by atoms with van der Waals surface area (Å²) in [5.41, 5.74) is 1.81. The number of amides is 1. The SMILES string of the molecule is COc1ccc(C2=CN(C(=O)OC(C)(C)C)CCCC2)cc1. The zero-order valence-corrected chi connectivity index (χ0v) is 13.9. The van der Waals surface area contributed by atoms with Crippen molar-refractivity contribution in [1.82, 2.24) is 4.90 Å². The first-order chi connectivity index (χ1) is 10.4. The Kier molecular flexibility index (Phi) is 5.11. The highest BCUT2D eigenvalue weighted by Crippen LogP contribution is 2.27. The van der Waals surface area contributed by atoms with E-state index in [0.717, 1.165) is 36.1 Å². The first-order valence-corrected chi connectivity index (χ1v) is 7.74. The third-order valence-electron chi connectivity index (χ3n) is 3.50. The van der Waals surface area contributed by atoms with Crippen LogP contribution in [-0.4, -0.2) is 30.2 Å². The summed E-state index contributed by atoms with van der Waals surface area (Å²) in [6, 6.07) is 7.95. The van der Waals surface area contributed by atoms with E-state index in [1.807, 2.05) is 51.2 Å². The predicted molar refractivity (Wildman–Crippen MR) is 87.8 cm³/mol. The molecule has 0 aliphatic carbocycles. The number of carbonyl (C=O) groups excluding carboxylic acids is 1. The molecule has 22 heavy (non-hydrogen) atoms. The number of carbonyl (C=O) groups is 1. The second-order valence-corrected chi connectivity index (χ2v) is 6.51. The van der Waals surface area contributed by atoms with Crippen LogP contribution in [0.4, 0.5) is 4.79 Å². The Morgan fingerprint density at radius 3 is 2.41 bits per heavy atom. The fourth-order valence-corrected chi connectivity index (χ4v) is 2.40. The minimum atomic E-state index is -0.475. The third-order valence-corrected chi connectivity index (χ3v) is 3.50. The third kappa shape index (κ3) is 4.52. The molecule has 0 aromatic heterocycles. The van der Waals surface area contributed by atoms with Gasteiger partial charge in [-0.2, -0.15) is 0 Å². The van der Waals surface area contributed by atoms with Crippen LogP contribution < -0.4 is 4.74 Å². The summed E-state index contributed by atoms with van der Waals surface area (Å²) in [5, 5.41) is 0. The first-order valence-electron chi connectivity index (χ1n) is 7.74. The van der Waals surface area contributed by atoms with Gasteiger partial charge in [0.25, 0.3) is 0 Å². The Labute approximate surface area is 132 Å². The number of hydrogen-bond acceptors (Lipinski definition) is 3. The van der Waals surface area contributed by atoms with Gasteiger partial charge in [0, 0.05) is 12.7 Å². The van der Waals surface area contributed by atoms with E-state index in [0.29, 0.717) is 6.54 Å². The van der Waals surface area contributed by atoms with Crippen LogP contribution >= 0.6 is 0 Å². The number of ether oxygens (including phenoxy) is 2. The zero-order chi connectivity index (χ0) is 16.2. The predicted octanol–water partition coefficient (Wildman–Crippen LogP) is 4.46. The second-order valence-electron chi connectivity index (χ2n) is 6.51. The van der Waals surface area contributed by atoms with Crippen LogP contribution in [0.1, 0.15) is 45.6 Å². The van der Waals surface area contributed by atoms with Crippen LogP contribution in [-0.2, 0) is 4.74 Å². The van der Waals surface area contributed by atoms with Gasteiger partial charge in [0.1, 0.15) is 11.4 Å². The van der Waals surface area contributed by atoms with Gasteiger partial charge in [-0.05, 0) is 63.3 Å². The van der Waals surface area contributed by atoms with Crippen molar-refractivity contribution >= 4 is 11.7 Å². The molecule has 0 atom stereocenters. The van der Waals surface area contributed by atoms with Crippen LogP contribution in [0.5, 0.6) is 5.75 Å². The number of nitrogens with zero attached hydrogens (tertiary/aromatic N) is 1. The summed E-state index contributed by atoms with van der Waals surface area (Å²) < 4.78 is 10.7. The van der Waals surface area contributed by atoms with E-state index in [1.54, 1.807) is 12.0 Å². The van der Waals surface area contributed by atoms with Crippen molar-refractivity contribution in [3.8, 4) is 5.75 Å². The number of benzene rings is 1. The van der Waals surface area contributed by atoms with Crippen LogP contribution in [0.3, 0.4) is 0 Å². The Hall–Kier alpha value is -1.97. The van der Waals surface area contributed by atoms with Crippen molar-refractivity contribution < 1.29 is 14.3 Å². The van der Waals surface area contributed by atoms with Gasteiger partial charge in [-0.25, -0.2) is 4.79 Å². The molecule has 1 aromatic rings. The molecule has 0 N–H and O–H groups in total. The molecule has 1 heterocycles. The van der Waals surface area contributed by atoms with Crippen molar-refractivity contribution in [2.75, 3.05) is 13.7 Å². The van der Waals surface area contributed by atoms with E-state index >= 15 is 0 Å². The largest absolute Gasteiger partial charge is 0.497 e. The maximum Gasteiger partial charge on any atom is 0.414 e. The molecular weight excluding hydrogens is 278 g/mol. The fraction of sp³-hybridized carbons (Fsp3) is 0.500. The zero-order valence-electron chi connectivity index (χ0n) is 13.9. The van der Waals surface area contributed by atoms with Crippen molar-refractivity contribution in [2.24, 2.45) is 0 Å². The summed E-state index contributed by atoms with van der Waals surface area (Å²) in [7, 11) is 1.66. The number of methoxy groups -OCH3 is 1. The Morgan fingerprint density at radius 1 is 1.14 bits per heavy atom. The molecule has 2 rings (SSSR count). The van der Waals surface area contributed by atoms with E-state index in [9.17, 15) is 4.79 Å². The highest BCUT2D eigenvalue weighted by Gasteiger charge is 2.22. The Morgan fingerprint density at radius 2 is 1.82 bits per heavy atom. The van der Waals surface area contributed by atoms with E-state index in [4.69, 9.17) is 9.47 Å². The van der Waals surface area contributed by atoms with Gasteiger partial charge in [-0.3, -0.25) is 4.90 Å². The van der Waals surface area contributed by atoms with Crippen molar-refractivity contribution in [1.29, 1.82) is 0 Å². The lowest BCUT2D eigenvalue weighted by Crippen LogP contribution is -2.33. The summed E-state index contributed by atoms with van der Waals surface area (Å²) in [4.78, 5) is 14.0. The van der Waals surface area contributed by atoms with Crippen LogP contribution in [0, 0.1) is 0 Å². The van der Waals surface area contributed by atoms with Gasteiger partial charge in [0.2, 0.25) is 0 Å². The monoisotopic (exact) mass is 303 g/mol. The summed E-state index contributed by atoms with van der Waals surface area (Å²) >= 11 is 0.